The first-order chi connectivity index (χ1) is 12.9. The van der Waals surface area contributed by atoms with Gasteiger partial charge in [0.2, 0.25) is 5.78 Å². The van der Waals surface area contributed by atoms with E-state index >= 15 is 0 Å². The Bertz CT molecular complexity index is 1080. The van der Waals surface area contributed by atoms with Crippen LogP contribution in [0.1, 0.15) is 45.2 Å². The molecule has 0 N–H and O–H groups in total. The zero-order valence-corrected chi connectivity index (χ0v) is 17.4. The summed E-state index contributed by atoms with van der Waals surface area (Å²) in [6, 6.07) is 8.32. The second kappa shape index (κ2) is 6.51. The average molecular weight is 383 g/mol. The molecule has 0 fully saturated rings. The van der Waals surface area contributed by atoms with Crippen LogP contribution in [0.4, 0.5) is 0 Å². The third-order valence-electron chi connectivity index (χ3n) is 5.56. The Morgan fingerprint density at radius 1 is 1.30 bits per heavy atom. The summed E-state index contributed by atoms with van der Waals surface area (Å²) in [6.07, 6.45) is 1.76. The molecule has 5 nitrogen and oxygen atoms in total. The van der Waals surface area contributed by atoms with Crippen molar-refractivity contribution in [2.24, 2.45) is 13.0 Å². The van der Waals surface area contributed by atoms with Crippen LogP contribution in [-0.2, 0) is 18.9 Å². The summed E-state index contributed by atoms with van der Waals surface area (Å²) in [4.78, 5) is 18.7. The van der Waals surface area contributed by atoms with Crippen LogP contribution >= 0.6 is 11.8 Å². The monoisotopic (exact) mass is 382 g/mol. The number of aryl methyl sites for hydroxylation is 1. The van der Waals surface area contributed by atoms with Crippen LogP contribution in [-0.4, -0.2) is 24.9 Å². The predicted octanol–water partition coefficient (Wildman–Crippen LogP) is 4.07. The minimum absolute atomic E-state index is 0.0354. The maximum Gasteiger partial charge on any atom is 0.265 e. The maximum atomic E-state index is 13.7. The van der Waals surface area contributed by atoms with Gasteiger partial charge in [0, 0.05) is 23.8 Å². The van der Waals surface area contributed by atoms with Gasteiger partial charge in [-0.15, -0.1) is 5.10 Å². The van der Waals surface area contributed by atoms with Crippen LogP contribution in [0, 0.1) is 5.92 Å². The van der Waals surface area contributed by atoms with Gasteiger partial charge in [0.1, 0.15) is 0 Å². The summed E-state index contributed by atoms with van der Waals surface area (Å²) < 4.78 is 3.44. The second-order valence-electron chi connectivity index (χ2n) is 8.14. The average Bonchev–Trinajstić information content (AvgIpc) is 2.96. The Balaban J connectivity index is 2.04. The molecule has 0 saturated heterocycles. The Hall–Kier alpha value is -2.08. The second-order valence-corrected chi connectivity index (χ2v) is 9.12. The van der Waals surface area contributed by atoms with E-state index in [-0.39, 0.29) is 11.0 Å². The van der Waals surface area contributed by atoms with Gasteiger partial charge in [-0.25, -0.2) is 14.1 Å². The highest BCUT2D eigenvalue weighted by atomic mass is 32.2. The number of hydrogen-bond acceptors (Lipinski definition) is 4. The molecule has 0 saturated carbocycles. The van der Waals surface area contributed by atoms with Gasteiger partial charge in [-0.1, -0.05) is 63.7 Å². The Labute approximate surface area is 163 Å². The lowest BCUT2D eigenvalue weighted by Gasteiger charge is -2.34. The molecule has 27 heavy (non-hydrogen) atoms. The van der Waals surface area contributed by atoms with Crippen molar-refractivity contribution in [1.29, 1.82) is 0 Å². The number of benzene rings is 1. The van der Waals surface area contributed by atoms with Crippen LogP contribution < -0.4 is 5.56 Å². The predicted molar refractivity (Wildman–Crippen MR) is 111 cm³/mol. The van der Waals surface area contributed by atoms with Crippen molar-refractivity contribution < 1.29 is 0 Å². The van der Waals surface area contributed by atoms with Crippen molar-refractivity contribution in [3.8, 4) is 11.3 Å². The first kappa shape index (κ1) is 18.3. The topological polar surface area (TPSA) is 52.2 Å². The smallest absolute Gasteiger partial charge is 0.265 e. The van der Waals surface area contributed by atoms with E-state index in [4.69, 9.17) is 4.98 Å². The van der Waals surface area contributed by atoms with E-state index in [2.05, 4.69) is 51.0 Å². The van der Waals surface area contributed by atoms with Crippen molar-refractivity contribution in [3.63, 3.8) is 0 Å². The van der Waals surface area contributed by atoms with E-state index in [1.54, 1.807) is 20.8 Å². The quantitative estimate of drug-likeness (QED) is 0.639. The Morgan fingerprint density at radius 2 is 2.04 bits per heavy atom. The Kier molecular flexibility index (Phi) is 4.41. The highest BCUT2D eigenvalue weighted by Gasteiger charge is 2.38. The minimum atomic E-state index is -0.217. The number of rotatable bonds is 4. The summed E-state index contributed by atoms with van der Waals surface area (Å²) in [5.74, 6) is 2.06. The number of thioether (sulfide) groups is 1. The molecular weight excluding hydrogens is 356 g/mol. The van der Waals surface area contributed by atoms with E-state index in [1.165, 1.54) is 5.56 Å². The molecule has 0 aliphatic heterocycles. The van der Waals surface area contributed by atoms with E-state index in [0.29, 0.717) is 11.7 Å². The van der Waals surface area contributed by atoms with Crippen LogP contribution in [0.5, 0.6) is 0 Å². The first-order valence-electron chi connectivity index (χ1n) is 9.57. The number of fused-ring (bicyclic) bond motifs is 4. The van der Waals surface area contributed by atoms with Crippen LogP contribution in [0.15, 0.2) is 34.2 Å². The van der Waals surface area contributed by atoms with Crippen molar-refractivity contribution in [3.05, 3.63) is 45.7 Å². The molecular formula is C21H26N4OS. The van der Waals surface area contributed by atoms with Gasteiger partial charge in [0.25, 0.3) is 5.56 Å². The lowest BCUT2D eigenvalue weighted by molar-refractivity contribution is 0.439. The van der Waals surface area contributed by atoms with Crippen molar-refractivity contribution in [2.75, 3.05) is 5.75 Å². The summed E-state index contributed by atoms with van der Waals surface area (Å²) in [6.45, 7) is 8.69. The van der Waals surface area contributed by atoms with E-state index < -0.39 is 0 Å². The van der Waals surface area contributed by atoms with Gasteiger partial charge in [-0.2, -0.15) is 0 Å². The fraction of sp³-hybridized carbons (Fsp3) is 0.476. The molecule has 2 heterocycles. The SMILES string of the molecule is CCC1(C)Cc2ccccc2-c2nc3n(C)nc(SCC(C)C)n3c(=O)c21. The molecule has 142 valence electrons. The third kappa shape index (κ3) is 2.81. The molecule has 1 atom stereocenters. The van der Waals surface area contributed by atoms with Gasteiger partial charge in [0.15, 0.2) is 5.16 Å². The van der Waals surface area contributed by atoms with Gasteiger partial charge < -0.3 is 0 Å². The number of nitrogens with zero attached hydrogens (tertiary/aromatic N) is 4. The maximum absolute atomic E-state index is 13.7. The lowest BCUT2D eigenvalue weighted by atomic mass is 9.69. The first-order valence-corrected chi connectivity index (χ1v) is 10.6. The zero-order chi connectivity index (χ0) is 19.3. The lowest BCUT2D eigenvalue weighted by Crippen LogP contribution is -2.37. The molecule has 1 aliphatic rings. The Morgan fingerprint density at radius 3 is 2.74 bits per heavy atom. The van der Waals surface area contributed by atoms with E-state index in [0.717, 1.165) is 40.6 Å². The zero-order valence-electron chi connectivity index (χ0n) is 16.6. The molecule has 0 bridgehead atoms. The van der Waals surface area contributed by atoms with E-state index in [1.807, 2.05) is 13.1 Å². The number of aromatic nitrogens is 4. The normalized spacial score (nSPS) is 18.7. The molecule has 1 aliphatic carbocycles. The number of hydrogen-bond donors (Lipinski definition) is 0. The molecule has 1 unspecified atom stereocenters. The molecule has 4 rings (SSSR count). The summed E-state index contributed by atoms with van der Waals surface area (Å²) in [7, 11) is 1.86. The summed E-state index contributed by atoms with van der Waals surface area (Å²) in [5, 5.41) is 5.34. The molecule has 0 radical (unpaired) electrons. The fourth-order valence-corrected chi connectivity index (χ4v) is 4.86. The van der Waals surface area contributed by atoms with Gasteiger partial charge >= 0.3 is 0 Å². The summed E-state index contributed by atoms with van der Waals surface area (Å²) >= 11 is 1.63. The highest BCUT2D eigenvalue weighted by molar-refractivity contribution is 7.99. The molecule has 1 aromatic carbocycles. The van der Waals surface area contributed by atoms with Crippen LogP contribution in [0.2, 0.25) is 0 Å². The van der Waals surface area contributed by atoms with Gasteiger partial charge in [0.05, 0.1) is 11.3 Å². The van der Waals surface area contributed by atoms with Gasteiger partial charge in [-0.3, -0.25) is 4.79 Å². The van der Waals surface area contributed by atoms with Crippen molar-refractivity contribution >= 4 is 17.5 Å². The standard InChI is InChI=1S/C21H26N4OS/c1-6-21(4)11-14-9-7-8-10-15(14)17-16(21)18(26)25-19(22-17)24(5)23-20(25)27-12-13(2)3/h7-10,13H,6,11-12H2,1-5H3. The van der Waals surface area contributed by atoms with Crippen molar-refractivity contribution in [1.82, 2.24) is 19.2 Å². The third-order valence-corrected chi connectivity index (χ3v) is 6.92. The minimum Gasteiger partial charge on any atom is -0.268 e. The van der Waals surface area contributed by atoms with E-state index in [9.17, 15) is 4.79 Å². The van der Waals surface area contributed by atoms with Crippen molar-refractivity contribution in [2.45, 2.75) is 51.1 Å². The molecule has 0 amide bonds. The van der Waals surface area contributed by atoms with Gasteiger partial charge in [-0.05, 0) is 24.3 Å². The molecule has 3 aromatic rings. The van der Waals surface area contributed by atoms with Crippen LogP contribution in [0.25, 0.3) is 17.0 Å². The largest absolute Gasteiger partial charge is 0.268 e. The molecule has 6 heteroatoms. The van der Waals surface area contributed by atoms with Crippen LogP contribution in [0.3, 0.4) is 0 Å². The highest BCUT2D eigenvalue weighted by Crippen LogP contribution is 2.42. The fourth-order valence-electron chi connectivity index (χ4n) is 3.91. The molecule has 2 aromatic heterocycles. The molecule has 0 spiro atoms. The summed E-state index contributed by atoms with van der Waals surface area (Å²) in [5.41, 5.74) is 3.83.